The van der Waals surface area contributed by atoms with E-state index in [0.717, 1.165) is 26.2 Å². The molecule has 1 aliphatic heterocycles. The highest BCUT2D eigenvalue weighted by molar-refractivity contribution is 6.38. The molecule has 0 spiro atoms. The molecule has 0 saturated carbocycles. The van der Waals surface area contributed by atoms with E-state index in [0.29, 0.717) is 10.3 Å². The molecule has 1 aliphatic rings. The van der Waals surface area contributed by atoms with Gasteiger partial charge in [0.1, 0.15) is 10.3 Å². The molecule has 0 bridgehead atoms. The molecule has 3 rings (SSSR count). The maximum Gasteiger partial charge on any atom is 0.142 e. The van der Waals surface area contributed by atoms with Gasteiger partial charge in [-0.15, -0.1) is 0 Å². The van der Waals surface area contributed by atoms with Crippen LogP contribution in [0.15, 0.2) is 52.8 Å². The lowest BCUT2D eigenvalue weighted by Crippen LogP contribution is -2.27. The molecule has 0 aromatic heterocycles. The Morgan fingerprint density at radius 1 is 0.875 bits per heavy atom. The van der Waals surface area contributed by atoms with Crippen LogP contribution in [0.3, 0.4) is 0 Å². The summed E-state index contributed by atoms with van der Waals surface area (Å²) in [6.07, 6.45) is 4.94. The fourth-order valence-electron chi connectivity index (χ4n) is 3.17. The van der Waals surface area contributed by atoms with Crippen LogP contribution < -0.4 is 0 Å². The van der Waals surface area contributed by atoms with Crippen LogP contribution in [0.25, 0.3) is 10.8 Å². The van der Waals surface area contributed by atoms with E-state index in [9.17, 15) is 0 Å². The Morgan fingerprint density at radius 3 is 2.42 bits per heavy atom. The van der Waals surface area contributed by atoms with Crippen LogP contribution in [0.4, 0.5) is 0 Å². The predicted molar refractivity (Wildman–Crippen MR) is 104 cm³/mol. The first-order valence-corrected chi connectivity index (χ1v) is 9.47. The van der Waals surface area contributed by atoms with E-state index >= 15 is 0 Å². The second kappa shape index (κ2) is 8.13. The maximum atomic E-state index is 6.46. The smallest absolute Gasteiger partial charge is 0.142 e. The van der Waals surface area contributed by atoms with Crippen molar-refractivity contribution in [3.8, 4) is 0 Å². The van der Waals surface area contributed by atoms with Gasteiger partial charge in [-0.3, -0.25) is 0 Å². The molecular formula is C20H24Cl2N2. The number of hydrogen-bond acceptors (Lipinski definition) is 2. The van der Waals surface area contributed by atoms with Crippen molar-refractivity contribution in [2.75, 3.05) is 13.2 Å². The van der Waals surface area contributed by atoms with Gasteiger partial charge in [-0.05, 0) is 28.8 Å². The van der Waals surface area contributed by atoms with Gasteiger partial charge in [0.15, 0.2) is 0 Å². The number of hydrogen-bond donors (Lipinski definition) is 0. The molecule has 1 heterocycles. The zero-order chi connectivity index (χ0) is 16.9. The van der Waals surface area contributed by atoms with Gasteiger partial charge in [0.05, 0.1) is 6.67 Å². The Balaban J connectivity index is 1.64. The second-order valence-electron chi connectivity index (χ2n) is 6.43. The molecule has 128 valence electrons. The molecule has 2 nitrogen and oxygen atoms in total. The molecule has 0 amide bonds. The summed E-state index contributed by atoms with van der Waals surface area (Å²) in [5.74, 6) is 0. The number of fused-ring (bicyclic) bond motifs is 1. The molecule has 24 heavy (non-hydrogen) atoms. The molecule has 0 N–H and O–H groups in total. The van der Waals surface area contributed by atoms with Crippen LogP contribution >= 0.6 is 23.2 Å². The van der Waals surface area contributed by atoms with Crippen LogP contribution in [0.1, 0.15) is 38.2 Å². The standard InChI is InChI=1S/C20H24Cl2N2/c1-2-3-4-7-12-23-15-24(20(22)19(23)21)14-16-10-11-17-8-5-6-9-18(17)13-16/h5-6,8-11,13H,2-4,7,12,14-15H2,1H3. The number of unbranched alkanes of at least 4 members (excludes halogenated alkanes) is 3. The van der Waals surface area contributed by atoms with Crippen molar-refractivity contribution in [3.05, 3.63) is 58.3 Å². The number of halogens is 2. The van der Waals surface area contributed by atoms with E-state index in [1.807, 2.05) is 0 Å². The molecule has 0 fully saturated rings. The predicted octanol–water partition coefficient (Wildman–Crippen LogP) is 6.10. The van der Waals surface area contributed by atoms with E-state index < -0.39 is 0 Å². The topological polar surface area (TPSA) is 6.48 Å². The fourth-order valence-corrected chi connectivity index (χ4v) is 3.66. The highest BCUT2D eigenvalue weighted by atomic mass is 35.5. The lowest BCUT2D eigenvalue weighted by atomic mass is 10.1. The zero-order valence-electron chi connectivity index (χ0n) is 14.1. The van der Waals surface area contributed by atoms with Gasteiger partial charge < -0.3 is 9.80 Å². The van der Waals surface area contributed by atoms with Gasteiger partial charge >= 0.3 is 0 Å². The lowest BCUT2D eigenvalue weighted by Gasteiger charge is -2.22. The minimum Gasteiger partial charge on any atom is -0.342 e. The molecule has 2 aromatic carbocycles. The molecule has 2 aromatic rings. The Bertz CT molecular complexity index is 726. The van der Waals surface area contributed by atoms with Gasteiger partial charge in [-0.1, -0.05) is 85.8 Å². The van der Waals surface area contributed by atoms with Gasteiger partial charge in [0.25, 0.3) is 0 Å². The van der Waals surface area contributed by atoms with Crippen LogP contribution in [-0.2, 0) is 6.54 Å². The van der Waals surface area contributed by atoms with Gasteiger partial charge in [-0.25, -0.2) is 0 Å². The molecule has 4 heteroatoms. The van der Waals surface area contributed by atoms with Crippen molar-refractivity contribution in [2.24, 2.45) is 0 Å². The quantitative estimate of drug-likeness (QED) is 0.433. The Morgan fingerprint density at radius 2 is 1.62 bits per heavy atom. The highest BCUT2D eigenvalue weighted by Gasteiger charge is 2.26. The van der Waals surface area contributed by atoms with Gasteiger partial charge in [0.2, 0.25) is 0 Å². The highest BCUT2D eigenvalue weighted by Crippen LogP contribution is 2.31. The first-order valence-electron chi connectivity index (χ1n) is 8.72. The van der Waals surface area contributed by atoms with E-state index in [1.165, 1.54) is 35.6 Å². The molecule has 0 saturated heterocycles. The number of rotatable bonds is 7. The van der Waals surface area contributed by atoms with Gasteiger partial charge in [0, 0.05) is 13.1 Å². The largest absolute Gasteiger partial charge is 0.342 e. The van der Waals surface area contributed by atoms with E-state index in [4.69, 9.17) is 23.2 Å². The summed E-state index contributed by atoms with van der Waals surface area (Å²) in [5.41, 5.74) is 1.25. The van der Waals surface area contributed by atoms with E-state index in [2.05, 4.69) is 59.2 Å². The average molecular weight is 363 g/mol. The van der Waals surface area contributed by atoms with Crippen LogP contribution in [0.2, 0.25) is 0 Å². The summed E-state index contributed by atoms with van der Waals surface area (Å²) in [6, 6.07) is 15.0. The SMILES string of the molecule is CCCCCCN1CN(Cc2ccc3ccccc3c2)C(Cl)=C1Cl. The minimum atomic E-state index is 0.667. The third kappa shape index (κ3) is 3.99. The third-order valence-corrected chi connectivity index (χ3v) is 5.47. The van der Waals surface area contributed by atoms with Crippen molar-refractivity contribution in [2.45, 2.75) is 39.2 Å². The summed E-state index contributed by atoms with van der Waals surface area (Å²) in [6.45, 7) is 4.76. The van der Waals surface area contributed by atoms with Gasteiger partial charge in [-0.2, -0.15) is 0 Å². The average Bonchev–Trinajstić information content (AvgIpc) is 2.87. The van der Waals surface area contributed by atoms with Crippen LogP contribution in [-0.4, -0.2) is 23.0 Å². The molecule has 0 unspecified atom stereocenters. The summed E-state index contributed by atoms with van der Waals surface area (Å²) in [5, 5.41) is 3.88. The Kier molecular flexibility index (Phi) is 5.91. The normalized spacial score (nSPS) is 15.0. The van der Waals surface area contributed by atoms with Crippen molar-refractivity contribution in [3.63, 3.8) is 0 Å². The molecule has 0 aliphatic carbocycles. The minimum absolute atomic E-state index is 0.667. The maximum absolute atomic E-state index is 6.46. The molecule has 0 atom stereocenters. The second-order valence-corrected chi connectivity index (χ2v) is 7.14. The monoisotopic (exact) mass is 362 g/mol. The Hall–Kier alpha value is -1.38. The first kappa shape index (κ1) is 17.4. The van der Waals surface area contributed by atoms with E-state index in [1.54, 1.807) is 0 Å². The summed E-state index contributed by atoms with van der Waals surface area (Å²) >= 11 is 12.9. The summed E-state index contributed by atoms with van der Waals surface area (Å²) in [7, 11) is 0. The fraction of sp³-hybridized carbons (Fsp3) is 0.400. The summed E-state index contributed by atoms with van der Waals surface area (Å²) < 4.78 is 0. The van der Waals surface area contributed by atoms with Crippen LogP contribution in [0.5, 0.6) is 0 Å². The number of benzene rings is 2. The Labute approximate surface area is 154 Å². The molecule has 0 radical (unpaired) electrons. The van der Waals surface area contributed by atoms with Crippen LogP contribution in [0, 0.1) is 0 Å². The number of nitrogens with zero attached hydrogens (tertiary/aromatic N) is 2. The third-order valence-electron chi connectivity index (χ3n) is 4.54. The van der Waals surface area contributed by atoms with Crippen molar-refractivity contribution < 1.29 is 0 Å². The summed E-state index contributed by atoms with van der Waals surface area (Å²) in [4.78, 5) is 4.33. The van der Waals surface area contributed by atoms with E-state index in [-0.39, 0.29) is 0 Å². The molecular weight excluding hydrogens is 339 g/mol. The van der Waals surface area contributed by atoms with Crippen molar-refractivity contribution >= 4 is 34.0 Å². The zero-order valence-corrected chi connectivity index (χ0v) is 15.7. The van der Waals surface area contributed by atoms with Crippen molar-refractivity contribution in [1.29, 1.82) is 0 Å². The lowest BCUT2D eigenvalue weighted by molar-refractivity contribution is 0.249. The van der Waals surface area contributed by atoms with Crippen molar-refractivity contribution in [1.82, 2.24) is 9.80 Å². The first-order chi connectivity index (χ1) is 11.7.